The van der Waals surface area contributed by atoms with Crippen molar-refractivity contribution in [1.82, 2.24) is 20.2 Å². The molecule has 0 amide bonds. The monoisotopic (exact) mass is 546 g/mol. The van der Waals surface area contributed by atoms with Crippen LogP contribution in [0.25, 0.3) is 11.4 Å². The number of sulfone groups is 1. The van der Waals surface area contributed by atoms with Gasteiger partial charge in [0.2, 0.25) is 0 Å². The Morgan fingerprint density at radius 1 is 1.00 bits per heavy atom. The van der Waals surface area contributed by atoms with Crippen LogP contribution in [0.2, 0.25) is 0 Å². The molecule has 1 unspecified atom stereocenters. The van der Waals surface area contributed by atoms with Crippen molar-refractivity contribution in [1.29, 1.82) is 0 Å². The molecule has 7 rings (SSSR count). The summed E-state index contributed by atoms with van der Waals surface area (Å²) in [6, 6.07) is 17.6. The molecule has 2 aromatic heterocycles. The number of hydrogen-bond donors (Lipinski definition) is 2. The van der Waals surface area contributed by atoms with Crippen molar-refractivity contribution in [2.45, 2.75) is 73.2 Å². The molecule has 3 aliphatic heterocycles. The first-order valence-electron chi connectivity index (χ1n) is 14.6. The van der Waals surface area contributed by atoms with Gasteiger partial charge in [0.05, 0.1) is 21.5 Å². The third-order valence-electron chi connectivity index (χ3n) is 9.22. The van der Waals surface area contributed by atoms with Gasteiger partial charge in [0.1, 0.15) is 0 Å². The van der Waals surface area contributed by atoms with Crippen LogP contribution in [0.5, 0.6) is 0 Å². The molecule has 5 heterocycles. The molecule has 206 valence electrons. The lowest BCUT2D eigenvalue weighted by Gasteiger charge is -2.27. The van der Waals surface area contributed by atoms with Crippen molar-refractivity contribution in [2.24, 2.45) is 5.92 Å². The minimum absolute atomic E-state index is 0.165. The van der Waals surface area contributed by atoms with Crippen molar-refractivity contribution in [2.75, 3.05) is 26.3 Å². The first kappa shape index (κ1) is 25.4. The molecule has 2 bridgehead atoms. The van der Waals surface area contributed by atoms with Crippen molar-refractivity contribution in [3.8, 4) is 11.4 Å². The van der Waals surface area contributed by atoms with Crippen LogP contribution < -0.4 is 5.32 Å². The van der Waals surface area contributed by atoms with Crippen LogP contribution in [0, 0.1) is 5.92 Å². The number of aromatic nitrogens is 2. The summed E-state index contributed by atoms with van der Waals surface area (Å²) in [4.78, 5) is 11.5. The van der Waals surface area contributed by atoms with Gasteiger partial charge in [-0.1, -0.05) is 18.2 Å². The minimum Gasteiger partial charge on any atom is -0.381 e. The maximum Gasteiger partial charge on any atom is 0.181 e. The Morgan fingerprint density at radius 2 is 1.82 bits per heavy atom. The van der Waals surface area contributed by atoms with E-state index in [4.69, 9.17) is 9.72 Å². The van der Waals surface area contributed by atoms with Crippen molar-refractivity contribution in [3.05, 3.63) is 71.5 Å². The molecule has 2 N–H and O–H groups in total. The normalized spacial score (nSPS) is 24.8. The van der Waals surface area contributed by atoms with Crippen LogP contribution in [0.15, 0.2) is 59.6 Å². The highest BCUT2D eigenvalue weighted by molar-refractivity contribution is 7.92. The molecule has 4 fully saturated rings. The van der Waals surface area contributed by atoms with E-state index in [-0.39, 0.29) is 11.2 Å². The Bertz CT molecular complexity index is 1390. The number of fused-ring (bicyclic) bond motifs is 2. The van der Waals surface area contributed by atoms with Gasteiger partial charge in [0, 0.05) is 62.7 Å². The molecule has 4 aliphatic rings. The summed E-state index contributed by atoms with van der Waals surface area (Å²) in [7, 11) is -3.18. The largest absolute Gasteiger partial charge is 0.381 e. The molecule has 1 aromatic carbocycles. The van der Waals surface area contributed by atoms with Crippen LogP contribution in [-0.2, 0) is 21.1 Å². The molecular weight excluding hydrogens is 508 g/mol. The maximum absolute atomic E-state index is 12.7. The maximum atomic E-state index is 12.7. The van der Waals surface area contributed by atoms with Gasteiger partial charge >= 0.3 is 0 Å². The predicted octanol–water partition coefficient (Wildman–Crippen LogP) is 4.51. The lowest BCUT2D eigenvalue weighted by Crippen LogP contribution is -2.42. The van der Waals surface area contributed by atoms with Crippen molar-refractivity contribution < 1.29 is 13.2 Å². The molecule has 1 aliphatic carbocycles. The number of likely N-dealkylation sites (tertiary alicyclic amines) is 1. The smallest absolute Gasteiger partial charge is 0.181 e. The number of H-pyrrole nitrogens is 1. The Balaban J connectivity index is 1.10. The van der Waals surface area contributed by atoms with Gasteiger partial charge in [-0.15, -0.1) is 0 Å². The summed E-state index contributed by atoms with van der Waals surface area (Å²) < 4.78 is 31.1. The predicted molar refractivity (Wildman–Crippen MR) is 151 cm³/mol. The summed E-state index contributed by atoms with van der Waals surface area (Å²) in [5.74, 6) is 0.747. The first-order chi connectivity index (χ1) is 19.0. The lowest BCUT2D eigenvalue weighted by atomic mass is 9.83. The summed E-state index contributed by atoms with van der Waals surface area (Å²) in [5.41, 5.74) is 5.54. The second kappa shape index (κ2) is 10.5. The van der Waals surface area contributed by atoms with Gasteiger partial charge in [-0.2, -0.15) is 0 Å². The van der Waals surface area contributed by atoms with Gasteiger partial charge in [-0.3, -0.25) is 9.88 Å². The van der Waals surface area contributed by atoms with Gasteiger partial charge in [0.25, 0.3) is 0 Å². The topological polar surface area (TPSA) is 87.3 Å². The minimum atomic E-state index is -3.18. The summed E-state index contributed by atoms with van der Waals surface area (Å²) in [6.07, 6.45) is 8.00. The number of rotatable bonds is 9. The van der Waals surface area contributed by atoms with Crippen LogP contribution >= 0.6 is 0 Å². The molecule has 8 heteroatoms. The van der Waals surface area contributed by atoms with Gasteiger partial charge < -0.3 is 15.0 Å². The number of benzene rings is 1. The van der Waals surface area contributed by atoms with E-state index >= 15 is 0 Å². The highest BCUT2D eigenvalue weighted by Gasteiger charge is 2.38. The zero-order valence-corrected chi connectivity index (χ0v) is 23.2. The fourth-order valence-corrected chi connectivity index (χ4v) is 8.39. The quantitative estimate of drug-likeness (QED) is 0.411. The molecular formula is C31H38N4O3S. The Morgan fingerprint density at radius 3 is 2.49 bits per heavy atom. The standard InChI is InChI=1S/C31H38N4O3S/c36-39(37,27-6-7-27)26-4-2-23(3-5-26)28(15-21-11-13-38-14-12-21)29-9-10-31(34-29)30-8-1-22(17-33-30)19-35-20-24-16-25(35)18-32-24/h1-5,8-10,17,21,24-25,27-28,32,34H,6-7,11-16,18-20H2/t24-,25-,28?/m0/s1. The number of ether oxygens (including phenoxy) is 1. The molecule has 3 atom stereocenters. The number of aromatic amines is 1. The van der Waals surface area contributed by atoms with E-state index in [0.29, 0.717) is 22.9 Å². The second-order valence-corrected chi connectivity index (χ2v) is 14.2. The zero-order chi connectivity index (χ0) is 26.4. The van der Waals surface area contributed by atoms with Crippen LogP contribution in [0.4, 0.5) is 0 Å². The van der Waals surface area contributed by atoms with E-state index in [9.17, 15) is 8.42 Å². The van der Waals surface area contributed by atoms with Crippen molar-refractivity contribution >= 4 is 9.84 Å². The van der Waals surface area contributed by atoms with Crippen molar-refractivity contribution in [3.63, 3.8) is 0 Å². The fourth-order valence-electron chi connectivity index (χ4n) is 6.74. The molecule has 7 nitrogen and oxygen atoms in total. The SMILES string of the molecule is O=S(=O)(c1ccc(C(CC2CCOCC2)c2ccc(-c3ccc(CN4C[C@@H]5C[C@H]4CN5)cn3)[nH]2)cc1)C1CC1. The third kappa shape index (κ3) is 5.32. The van der Waals surface area contributed by atoms with E-state index in [0.717, 1.165) is 87.6 Å². The van der Waals surface area contributed by atoms with Gasteiger partial charge in [-0.05, 0) is 85.9 Å². The highest BCUT2D eigenvalue weighted by Crippen LogP contribution is 2.37. The van der Waals surface area contributed by atoms with E-state index in [1.165, 1.54) is 12.0 Å². The Labute approximate surface area is 231 Å². The average molecular weight is 547 g/mol. The third-order valence-corrected chi connectivity index (χ3v) is 11.5. The van der Waals surface area contributed by atoms with Gasteiger partial charge in [-0.25, -0.2) is 8.42 Å². The molecule has 3 saturated heterocycles. The average Bonchev–Trinajstić information content (AvgIpc) is 3.37. The fraction of sp³-hybridized carbons (Fsp3) is 0.516. The Hall–Kier alpha value is -2.52. The van der Waals surface area contributed by atoms with Gasteiger partial charge in [0.15, 0.2) is 9.84 Å². The number of piperazine rings is 1. The van der Waals surface area contributed by atoms with E-state index in [2.05, 4.69) is 39.5 Å². The molecule has 1 saturated carbocycles. The number of pyridine rings is 1. The van der Waals surface area contributed by atoms with Crippen LogP contribution in [0.1, 0.15) is 61.3 Å². The molecule has 39 heavy (non-hydrogen) atoms. The van der Waals surface area contributed by atoms with Crippen LogP contribution in [-0.4, -0.2) is 66.9 Å². The summed E-state index contributed by atoms with van der Waals surface area (Å²) in [5, 5.41) is 3.39. The van der Waals surface area contributed by atoms with E-state index in [1.54, 1.807) is 0 Å². The Kier molecular flexibility index (Phi) is 6.83. The van der Waals surface area contributed by atoms with E-state index < -0.39 is 9.84 Å². The molecule has 3 aromatic rings. The second-order valence-electron chi connectivity index (χ2n) is 12.0. The summed E-state index contributed by atoms with van der Waals surface area (Å²) >= 11 is 0. The van der Waals surface area contributed by atoms with E-state index in [1.807, 2.05) is 30.5 Å². The molecule has 0 spiro atoms. The zero-order valence-electron chi connectivity index (χ0n) is 22.4. The molecule has 0 radical (unpaired) electrons. The number of nitrogens with zero attached hydrogens (tertiary/aromatic N) is 2. The lowest BCUT2D eigenvalue weighted by molar-refractivity contribution is 0.0626. The number of nitrogens with one attached hydrogen (secondary N) is 2. The highest BCUT2D eigenvalue weighted by atomic mass is 32.2. The summed E-state index contributed by atoms with van der Waals surface area (Å²) in [6.45, 7) is 4.84. The number of hydrogen-bond acceptors (Lipinski definition) is 6. The first-order valence-corrected chi connectivity index (χ1v) is 16.1. The van der Waals surface area contributed by atoms with Crippen LogP contribution in [0.3, 0.4) is 0 Å².